The van der Waals surface area contributed by atoms with E-state index in [0.29, 0.717) is 42.0 Å². The molecule has 30 heavy (non-hydrogen) atoms. The Bertz CT molecular complexity index is 983. The standard InChI is InChI=1S/C22H21Cl2N3O3/c23-18-8-9-20(21(24)11-18)22(14-27-16-25-15-26-27)29-13-19(30-22)12-28-10-4-7-17-5-2-1-3-6-17/h1-9,11,15-16,19H,10,12-14H2/t19-,22-/m1/s1. The van der Waals surface area contributed by atoms with Gasteiger partial charge in [-0.15, -0.1) is 0 Å². The zero-order valence-corrected chi connectivity index (χ0v) is 17.7. The first kappa shape index (κ1) is 21.0. The lowest BCUT2D eigenvalue weighted by Gasteiger charge is -2.29. The number of rotatable bonds is 8. The van der Waals surface area contributed by atoms with E-state index in [1.165, 1.54) is 6.33 Å². The molecule has 0 spiro atoms. The second-order valence-electron chi connectivity index (χ2n) is 6.87. The summed E-state index contributed by atoms with van der Waals surface area (Å²) in [5.74, 6) is -1.09. The van der Waals surface area contributed by atoms with E-state index in [0.717, 1.165) is 5.56 Å². The molecule has 1 aliphatic heterocycles. The fraction of sp³-hybridized carbons (Fsp3) is 0.273. The van der Waals surface area contributed by atoms with Gasteiger partial charge in [0.2, 0.25) is 5.79 Å². The Morgan fingerprint density at radius 1 is 1.20 bits per heavy atom. The molecule has 156 valence electrons. The predicted molar refractivity (Wildman–Crippen MR) is 115 cm³/mol. The third kappa shape index (κ3) is 5.09. The summed E-state index contributed by atoms with van der Waals surface area (Å²) in [7, 11) is 0. The highest BCUT2D eigenvalue weighted by Gasteiger charge is 2.45. The predicted octanol–water partition coefficient (Wildman–Crippen LogP) is 4.58. The Kier molecular flexibility index (Phi) is 6.82. The molecular formula is C22H21Cl2N3O3. The van der Waals surface area contributed by atoms with Crippen molar-refractivity contribution in [2.24, 2.45) is 0 Å². The molecule has 2 heterocycles. The van der Waals surface area contributed by atoms with Crippen molar-refractivity contribution in [2.75, 3.05) is 19.8 Å². The van der Waals surface area contributed by atoms with Gasteiger partial charge in [-0.2, -0.15) is 5.10 Å². The molecular weight excluding hydrogens is 425 g/mol. The molecule has 0 radical (unpaired) electrons. The number of nitrogens with zero attached hydrogens (tertiary/aromatic N) is 3. The van der Waals surface area contributed by atoms with Crippen LogP contribution >= 0.6 is 23.2 Å². The third-order valence-corrected chi connectivity index (χ3v) is 5.21. The molecule has 0 aliphatic carbocycles. The van der Waals surface area contributed by atoms with Crippen LogP contribution in [-0.4, -0.2) is 40.7 Å². The van der Waals surface area contributed by atoms with Crippen LogP contribution in [0.1, 0.15) is 11.1 Å². The van der Waals surface area contributed by atoms with E-state index in [1.54, 1.807) is 23.1 Å². The zero-order valence-electron chi connectivity index (χ0n) is 16.2. The van der Waals surface area contributed by atoms with E-state index in [2.05, 4.69) is 10.1 Å². The number of aromatic nitrogens is 3. The number of hydrogen-bond acceptors (Lipinski definition) is 5. The second kappa shape index (κ2) is 9.73. The molecule has 3 aromatic rings. The molecule has 0 amide bonds. The minimum absolute atomic E-state index is 0.245. The van der Waals surface area contributed by atoms with Crippen molar-refractivity contribution in [2.45, 2.75) is 18.4 Å². The Balaban J connectivity index is 1.41. The average Bonchev–Trinajstić information content (AvgIpc) is 3.39. The molecule has 1 aliphatic rings. The van der Waals surface area contributed by atoms with Gasteiger partial charge in [0.05, 0.1) is 24.8 Å². The van der Waals surface area contributed by atoms with Crippen molar-refractivity contribution in [1.82, 2.24) is 14.8 Å². The first-order chi connectivity index (χ1) is 14.6. The molecule has 0 N–H and O–H groups in total. The molecule has 4 rings (SSSR count). The van der Waals surface area contributed by atoms with Crippen LogP contribution in [0.25, 0.3) is 6.08 Å². The van der Waals surface area contributed by atoms with Crippen LogP contribution in [0, 0.1) is 0 Å². The van der Waals surface area contributed by atoms with Gasteiger partial charge >= 0.3 is 0 Å². The fourth-order valence-electron chi connectivity index (χ4n) is 3.30. The van der Waals surface area contributed by atoms with Gasteiger partial charge in [0, 0.05) is 10.6 Å². The zero-order chi connectivity index (χ0) is 20.8. The number of benzene rings is 2. The molecule has 1 aromatic heterocycles. The number of halogens is 2. The maximum Gasteiger partial charge on any atom is 0.217 e. The summed E-state index contributed by atoms with van der Waals surface area (Å²) in [5, 5.41) is 5.19. The van der Waals surface area contributed by atoms with Crippen LogP contribution in [-0.2, 0) is 26.5 Å². The van der Waals surface area contributed by atoms with Gasteiger partial charge in [-0.05, 0) is 17.7 Å². The van der Waals surface area contributed by atoms with Crippen LogP contribution < -0.4 is 0 Å². The smallest absolute Gasteiger partial charge is 0.217 e. The lowest BCUT2D eigenvalue weighted by molar-refractivity contribution is -0.192. The Labute approximate surface area is 185 Å². The van der Waals surface area contributed by atoms with E-state index in [1.807, 2.05) is 48.6 Å². The van der Waals surface area contributed by atoms with Gasteiger partial charge in [0.25, 0.3) is 0 Å². The second-order valence-corrected chi connectivity index (χ2v) is 7.72. The normalized spacial score (nSPS) is 21.5. The van der Waals surface area contributed by atoms with Crippen molar-refractivity contribution in [3.05, 3.63) is 88.4 Å². The van der Waals surface area contributed by atoms with Gasteiger partial charge in [0.15, 0.2) is 0 Å². The molecule has 0 saturated carbocycles. The summed E-state index contributed by atoms with van der Waals surface area (Å²) < 4.78 is 19.9. The third-order valence-electron chi connectivity index (χ3n) is 4.67. The molecule has 0 unspecified atom stereocenters. The maximum atomic E-state index is 6.46. The molecule has 1 fully saturated rings. The van der Waals surface area contributed by atoms with Gasteiger partial charge in [-0.3, -0.25) is 0 Å². The fourth-order valence-corrected chi connectivity index (χ4v) is 3.85. The quantitative estimate of drug-likeness (QED) is 0.474. The molecule has 2 aromatic carbocycles. The van der Waals surface area contributed by atoms with Crippen molar-refractivity contribution >= 4 is 29.3 Å². The Morgan fingerprint density at radius 2 is 2.07 bits per heavy atom. The molecule has 0 bridgehead atoms. The van der Waals surface area contributed by atoms with E-state index in [4.69, 9.17) is 37.4 Å². The van der Waals surface area contributed by atoms with Crippen molar-refractivity contribution in [3.8, 4) is 0 Å². The van der Waals surface area contributed by atoms with E-state index < -0.39 is 5.79 Å². The molecule has 1 saturated heterocycles. The first-order valence-corrected chi connectivity index (χ1v) is 10.3. The summed E-state index contributed by atoms with van der Waals surface area (Å²) in [5.41, 5.74) is 1.82. The highest BCUT2D eigenvalue weighted by Crippen LogP contribution is 2.40. The topological polar surface area (TPSA) is 58.4 Å². The molecule has 2 atom stereocenters. The van der Waals surface area contributed by atoms with Gasteiger partial charge in [0.1, 0.15) is 25.3 Å². The summed E-state index contributed by atoms with van der Waals surface area (Å²) in [6.07, 6.45) is 6.83. The van der Waals surface area contributed by atoms with Crippen molar-refractivity contribution in [1.29, 1.82) is 0 Å². The SMILES string of the molecule is Clc1ccc([C@]2(Cn3cncn3)OC[C@@H](COCC=Cc3ccccc3)O2)c(Cl)c1. The van der Waals surface area contributed by atoms with Crippen molar-refractivity contribution < 1.29 is 14.2 Å². The summed E-state index contributed by atoms with van der Waals surface area (Å²) in [4.78, 5) is 3.99. The van der Waals surface area contributed by atoms with Crippen LogP contribution in [0.3, 0.4) is 0 Å². The minimum Gasteiger partial charge on any atom is -0.375 e. The van der Waals surface area contributed by atoms with Gasteiger partial charge < -0.3 is 14.2 Å². The Hall–Kier alpha value is -2.22. The van der Waals surface area contributed by atoms with Gasteiger partial charge in [-0.25, -0.2) is 9.67 Å². The summed E-state index contributed by atoms with van der Waals surface area (Å²) >= 11 is 12.5. The highest BCUT2D eigenvalue weighted by molar-refractivity contribution is 6.35. The summed E-state index contributed by atoms with van der Waals surface area (Å²) in [6.45, 7) is 1.55. The van der Waals surface area contributed by atoms with Crippen LogP contribution in [0.4, 0.5) is 0 Å². The maximum absolute atomic E-state index is 6.46. The first-order valence-electron chi connectivity index (χ1n) is 9.54. The van der Waals surface area contributed by atoms with E-state index in [-0.39, 0.29) is 6.10 Å². The minimum atomic E-state index is -1.09. The summed E-state index contributed by atoms with van der Waals surface area (Å²) in [6, 6.07) is 15.3. The highest BCUT2D eigenvalue weighted by atomic mass is 35.5. The number of ether oxygens (including phenoxy) is 3. The van der Waals surface area contributed by atoms with E-state index >= 15 is 0 Å². The lowest BCUT2D eigenvalue weighted by atomic mass is 10.1. The Morgan fingerprint density at radius 3 is 2.83 bits per heavy atom. The van der Waals surface area contributed by atoms with Crippen LogP contribution in [0.5, 0.6) is 0 Å². The van der Waals surface area contributed by atoms with Crippen LogP contribution in [0.15, 0.2) is 67.3 Å². The monoisotopic (exact) mass is 445 g/mol. The van der Waals surface area contributed by atoms with E-state index in [9.17, 15) is 0 Å². The lowest BCUT2D eigenvalue weighted by Crippen LogP contribution is -2.34. The number of hydrogen-bond donors (Lipinski definition) is 0. The van der Waals surface area contributed by atoms with Crippen LogP contribution in [0.2, 0.25) is 10.0 Å². The largest absolute Gasteiger partial charge is 0.375 e. The van der Waals surface area contributed by atoms with Crippen molar-refractivity contribution in [3.63, 3.8) is 0 Å². The molecule has 6 nitrogen and oxygen atoms in total. The average molecular weight is 446 g/mol. The van der Waals surface area contributed by atoms with Gasteiger partial charge in [-0.1, -0.05) is 71.8 Å². The molecule has 8 heteroatoms.